The molecule has 7 heteroatoms. The Morgan fingerprint density at radius 3 is 2.11 bits per heavy atom. The van der Waals surface area contributed by atoms with E-state index in [1.165, 1.54) is 25.7 Å². The number of nitrogens with zero attached hydrogens (tertiary/aromatic N) is 3. The van der Waals surface area contributed by atoms with E-state index in [4.69, 9.17) is 9.73 Å². The number of rotatable bonds is 10. The lowest BCUT2D eigenvalue weighted by molar-refractivity contribution is -0.124. The summed E-state index contributed by atoms with van der Waals surface area (Å²) in [5.41, 5.74) is 1.94. The average Bonchev–Trinajstić information content (AvgIpc) is 3.20. The molecular weight excluding hydrogens is 442 g/mol. The van der Waals surface area contributed by atoms with Crippen LogP contribution in [0.2, 0.25) is 0 Å². The number of anilines is 1. The van der Waals surface area contributed by atoms with E-state index in [-0.39, 0.29) is 31.2 Å². The molecule has 3 aliphatic rings. The third kappa shape index (κ3) is 6.85. The Morgan fingerprint density at radius 2 is 1.51 bits per heavy atom. The van der Waals surface area contributed by atoms with Crippen LogP contribution in [0, 0.1) is 0 Å². The van der Waals surface area contributed by atoms with Gasteiger partial charge in [0.2, 0.25) is 0 Å². The highest BCUT2D eigenvalue weighted by Gasteiger charge is 2.40. The molecule has 1 heterocycles. The van der Waals surface area contributed by atoms with Crippen LogP contribution in [0.5, 0.6) is 0 Å². The predicted molar refractivity (Wildman–Crippen MR) is 139 cm³/mol. The quantitative estimate of drug-likeness (QED) is 0.479. The average molecular weight is 484 g/mol. The first-order valence-electron chi connectivity index (χ1n) is 13.6. The van der Waals surface area contributed by atoms with Crippen LogP contribution in [-0.2, 0) is 9.53 Å². The fourth-order valence-corrected chi connectivity index (χ4v) is 5.43. The van der Waals surface area contributed by atoms with Crippen LogP contribution >= 0.6 is 0 Å². The van der Waals surface area contributed by atoms with Crippen molar-refractivity contribution >= 4 is 23.7 Å². The SMILES string of the molecule is O=C1C(=Cc2ccc(N(CCCO)CCCO)cc2)OC(=NC2CCCCC2)N1C1CCCCC1. The van der Waals surface area contributed by atoms with E-state index in [0.717, 1.165) is 62.9 Å². The molecule has 2 N–H and O–H groups in total. The zero-order valence-corrected chi connectivity index (χ0v) is 20.9. The molecule has 0 spiro atoms. The van der Waals surface area contributed by atoms with E-state index < -0.39 is 0 Å². The standard InChI is InChI=1S/C28H41N3O4/c32-19-7-17-30(18-8-20-33)24-15-13-22(14-16-24)21-26-27(34)31(25-11-5-2-6-12-25)28(35-26)29-23-9-3-1-4-10-23/h13-16,21,23,25,32-33H,1-12,17-20H2. The Kier molecular flexibility index (Phi) is 9.60. The summed E-state index contributed by atoms with van der Waals surface area (Å²) in [5.74, 6) is 0.290. The third-order valence-corrected chi connectivity index (χ3v) is 7.37. The van der Waals surface area contributed by atoms with Crippen molar-refractivity contribution in [3.05, 3.63) is 35.6 Å². The number of aliphatic hydroxyl groups is 2. The van der Waals surface area contributed by atoms with Gasteiger partial charge in [0.15, 0.2) is 5.76 Å². The van der Waals surface area contributed by atoms with Crippen molar-refractivity contribution in [1.82, 2.24) is 4.90 Å². The molecule has 7 nitrogen and oxygen atoms in total. The zero-order valence-electron chi connectivity index (χ0n) is 20.9. The van der Waals surface area contributed by atoms with Crippen molar-refractivity contribution in [2.75, 3.05) is 31.2 Å². The van der Waals surface area contributed by atoms with Gasteiger partial charge in [-0.05, 0) is 62.3 Å². The highest BCUT2D eigenvalue weighted by Crippen LogP contribution is 2.31. The van der Waals surface area contributed by atoms with Crippen molar-refractivity contribution in [3.8, 4) is 0 Å². The summed E-state index contributed by atoms with van der Waals surface area (Å²) in [5, 5.41) is 18.4. The number of benzene rings is 1. The highest BCUT2D eigenvalue weighted by molar-refractivity contribution is 6.11. The Bertz CT molecular complexity index is 863. The maximum absolute atomic E-state index is 13.5. The van der Waals surface area contributed by atoms with E-state index in [1.54, 1.807) is 0 Å². The minimum Gasteiger partial charge on any atom is -0.420 e. The molecular formula is C28H41N3O4. The fraction of sp³-hybridized carbons (Fsp3) is 0.643. The summed E-state index contributed by atoms with van der Waals surface area (Å²) in [6.45, 7) is 1.74. The van der Waals surface area contributed by atoms with Crippen molar-refractivity contribution < 1.29 is 19.7 Å². The van der Waals surface area contributed by atoms with Crippen molar-refractivity contribution in [2.24, 2.45) is 4.99 Å². The van der Waals surface area contributed by atoms with Gasteiger partial charge in [0.25, 0.3) is 5.91 Å². The minimum atomic E-state index is -0.0666. The number of amides is 1. The molecule has 0 atom stereocenters. The molecule has 4 rings (SSSR count). The van der Waals surface area contributed by atoms with Gasteiger partial charge in [0.05, 0.1) is 6.04 Å². The summed E-state index contributed by atoms with van der Waals surface area (Å²) in [6.07, 6.45) is 14.6. The van der Waals surface area contributed by atoms with Crippen molar-refractivity contribution in [1.29, 1.82) is 0 Å². The molecule has 2 aliphatic carbocycles. The molecule has 0 radical (unpaired) electrons. The lowest BCUT2D eigenvalue weighted by atomic mass is 9.94. The smallest absolute Gasteiger partial charge is 0.300 e. The predicted octanol–water partition coefficient (Wildman–Crippen LogP) is 4.48. The first kappa shape index (κ1) is 25.7. The molecule has 1 aromatic rings. The topological polar surface area (TPSA) is 85.6 Å². The van der Waals surface area contributed by atoms with Gasteiger partial charge in [-0.25, -0.2) is 4.99 Å². The van der Waals surface area contributed by atoms with E-state index in [2.05, 4.69) is 4.90 Å². The molecule has 0 bridgehead atoms. The molecule has 192 valence electrons. The largest absolute Gasteiger partial charge is 0.420 e. The van der Waals surface area contributed by atoms with Crippen LogP contribution in [0.3, 0.4) is 0 Å². The Balaban J connectivity index is 1.52. The Labute approximate surface area is 209 Å². The molecule has 3 fully saturated rings. The molecule has 1 amide bonds. The molecule has 1 saturated heterocycles. The summed E-state index contributed by atoms with van der Waals surface area (Å²) in [4.78, 5) is 22.4. The number of carbonyl (C=O) groups excluding carboxylic acids is 1. The van der Waals surface area contributed by atoms with E-state index in [9.17, 15) is 15.0 Å². The number of aliphatic hydroxyl groups excluding tert-OH is 2. The minimum absolute atomic E-state index is 0.0666. The molecule has 0 aromatic heterocycles. The number of hydrogen-bond donors (Lipinski definition) is 2. The van der Waals surface area contributed by atoms with Gasteiger partial charge in [-0.3, -0.25) is 9.69 Å². The number of ether oxygens (including phenoxy) is 1. The number of amidine groups is 1. The number of hydrogen-bond acceptors (Lipinski definition) is 6. The normalized spacial score (nSPS) is 22.2. The Hall–Kier alpha value is -2.38. The fourth-order valence-electron chi connectivity index (χ4n) is 5.43. The van der Waals surface area contributed by atoms with Crippen LogP contribution < -0.4 is 4.90 Å². The third-order valence-electron chi connectivity index (χ3n) is 7.37. The van der Waals surface area contributed by atoms with Crippen LogP contribution in [-0.4, -0.2) is 65.4 Å². The number of aliphatic imine (C=N–C) groups is 1. The maximum Gasteiger partial charge on any atom is 0.300 e. The molecule has 1 aliphatic heterocycles. The molecule has 0 unspecified atom stereocenters. The Morgan fingerprint density at radius 1 is 0.914 bits per heavy atom. The maximum atomic E-state index is 13.5. The molecule has 35 heavy (non-hydrogen) atoms. The van der Waals surface area contributed by atoms with Gasteiger partial charge in [-0.1, -0.05) is 50.7 Å². The van der Waals surface area contributed by atoms with Crippen LogP contribution in [0.1, 0.15) is 82.6 Å². The van der Waals surface area contributed by atoms with Crippen LogP contribution in [0.15, 0.2) is 35.0 Å². The highest BCUT2D eigenvalue weighted by atomic mass is 16.5. The second-order valence-corrected chi connectivity index (χ2v) is 10.0. The van der Waals surface area contributed by atoms with Crippen LogP contribution in [0.25, 0.3) is 6.08 Å². The zero-order chi connectivity index (χ0) is 24.5. The van der Waals surface area contributed by atoms with Gasteiger partial charge < -0.3 is 19.8 Å². The second-order valence-electron chi connectivity index (χ2n) is 10.0. The molecule has 2 saturated carbocycles. The second kappa shape index (κ2) is 13.1. The van der Waals surface area contributed by atoms with Gasteiger partial charge in [-0.2, -0.15) is 0 Å². The van der Waals surface area contributed by atoms with Crippen molar-refractivity contribution in [2.45, 2.75) is 89.1 Å². The lowest BCUT2D eigenvalue weighted by Crippen LogP contribution is -2.41. The summed E-state index contributed by atoms with van der Waals surface area (Å²) >= 11 is 0. The van der Waals surface area contributed by atoms with Gasteiger partial charge >= 0.3 is 6.02 Å². The van der Waals surface area contributed by atoms with E-state index >= 15 is 0 Å². The summed E-state index contributed by atoms with van der Waals surface area (Å²) in [6, 6.07) is 8.97. The monoisotopic (exact) mass is 483 g/mol. The number of carbonyl (C=O) groups is 1. The van der Waals surface area contributed by atoms with E-state index in [1.807, 2.05) is 35.2 Å². The van der Waals surface area contributed by atoms with Crippen LogP contribution in [0.4, 0.5) is 5.69 Å². The first-order valence-corrected chi connectivity index (χ1v) is 13.6. The lowest BCUT2D eigenvalue weighted by Gasteiger charge is -2.29. The van der Waals surface area contributed by atoms with Gasteiger partial charge in [0, 0.05) is 38.0 Å². The van der Waals surface area contributed by atoms with Gasteiger partial charge in [-0.15, -0.1) is 0 Å². The van der Waals surface area contributed by atoms with E-state index in [0.29, 0.717) is 24.6 Å². The first-order chi connectivity index (χ1) is 17.2. The van der Waals surface area contributed by atoms with Gasteiger partial charge in [0.1, 0.15) is 0 Å². The summed E-state index contributed by atoms with van der Waals surface area (Å²) in [7, 11) is 0. The molecule has 1 aromatic carbocycles. The summed E-state index contributed by atoms with van der Waals surface area (Å²) < 4.78 is 6.15. The van der Waals surface area contributed by atoms with Crippen molar-refractivity contribution in [3.63, 3.8) is 0 Å².